The molecule has 4 aromatic heterocycles. The second kappa shape index (κ2) is 11.1. The molecule has 12 rings (SSSR count). The normalized spacial score (nSPS) is 12.1. The Morgan fingerprint density at radius 3 is 1.46 bits per heavy atom. The summed E-state index contributed by atoms with van der Waals surface area (Å²) in [7, 11) is 0. The van der Waals surface area contributed by atoms with E-state index in [4.69, 9.17) is 15.0 Å². The Morgan fingerprint density at radius 2 is 0.778 bits per heavy atom. The maximum atomic E-state index is 5.12. The van der Waals surface area contributed by atoms with E-state index in [-0.39, 0.29) is 0 Å². The average Bonchev–Trinajstić information content (AvgIpc) is 3.76. The molecule has 0 N–H and O–H groups in total. The molecule has 0 aliphatic carbocycles. The van der Waals surface area contributed by atoms with Crippen LogP contribution in [0.5, 0.6) is 0 Å². The van der Waals surface area contributed by atoms with E-state index in [0.717, 1.165) is 38.5 Å². The summed E-state index contributed by atoms with van der Waals surface area (Å²) in [5.74, 6) is 1.92. The summed E-state index contributed by atoms with van der Waals surface area (Å²) in [5, 5.41) is 9.74. The average molecular weight is 688 g/mol. The predicted molar refractivity (Wildman–Crippen MR) is 223 cm³/mol. The number of rotatable bonds is 3. The zero-order chi connectivity index (χ0) is 35.3. The van der Waals surface area contributed by atoms with Gasteiger partial charge in [-0.1, -0.05) is 140 Å². The fourth-order valence-corrected chi connectivity index (χ4v) is 8.74. The SMILES string of the molecule is c1ccc(-c2nc(-c3ccccc3)nc(-c3ccc4c(c3)c3ccccc3n3c5ccc6ccccc6c5c5ccc6c7ccccc7n4c6c53)n2)cc1. The lowest BCUT2D eigenvalue weighted by Crippen LogP contribution is -2.00. The molecule has 0 unspecified atom stereocenters. The van der Waals surface area contributed by atoms with Gasteiger partial charge in [0.2, 0.25) is 0 Å². The summed E-state index contributed by atoms with van der Waals surface area (Å²) in [6, 6.07) is 62.6. The summed E-state index contributed by atoms with van der Waals surface area (Å²) in [6.45, 7) is 0. The molecular formula is C49H29N5. The van der Waals surface area contributed by atoms with Crippen molar-refractivity contribution in [2.45, 2.75) is 0 Å². The van der Waals surface area contributed by atoms with E-state index in [0.29, 0.717) is 17.5 Å². The maximum absolute atomic E-state index is 5.12. The first kappa shape index (κ1) is 29.2. The second-order valence-electron chi connectivity index (χ2n) is 14.0. The van der Waals surface area contributed by atoms with Crippen molar-refractivity contribution in [3.8, 4) is 34.2 Å². The highest BCUT2D eigenvalue weighted by Crippen LogP contribution is 2.43. The Morgan fingerprint density at radius 1 is 0.296 bits per heavy atom. The largest absolute Gasteiger partial charge is 0.307 e. The van der Waals surface area contributed by atoms with Gasteiger partial charge >= 0.3 is 0 Å². The van der Waals surface area contributed by atoms with Crippen LogP contribution in [0.2, 0.25) is 0 Å². The quantitative estimate of drug-likeness (QED) is 0.186. The van der Waals surface area contributed by atoms with Gasteiger partial charge in [0.15, 0.2) is 17.5 Å². The van der Waals surface area contributed by atoms with Crippen LogP contribution >= 0.6 is 0 Å². The Balaban J connectivity index is 1.28. The smallest absolute Gasteiger partial charge is 0.164 e. The lowest BCUT2D eigenvalue weighted by Gasteiger charge is -2.13. The summed E-state index contributed by atoms with van der Waals surface area (Å²) < 4.78 is 4.99. The molecule has 0 bridgehead atoms. The molecule has 12 aromatic rings. The predicted octanol–water partition coefficient (Wildman–Crippen LogP) is 12.3. The molecule has 0 saturated carbocycles. The number of benzene rings is 8. The number of para-hydroxylation sites is 2. The fraction of sp³-hybridized carbons (Fsp3) is 0. The Labute approximate surface area is 309 Å². The zero-order valence-electron chi connectivity index (χ0n) is 29.0. The molecule has 0 aliphatic rings. The molecular weight excluding hydrogens is 659 g/mol. The van der Waals surface area contributed by atoms with Gasteiger partial charge in [0, 0.05) is 49.0 Å². The topological polar surface area (TPSA) is 47.5 Å². The van der Waals surface area contributed by atoms with Gasteiger partial charge in [-0.25, -0.2) is 15.0 Å². The Kier molecular flexibility index (Phi) is 5.99. The van der Waals surface area contributed by atoms with Crippen molar-refractivity contribution < 1.29 is 0 Å². The van der Waals surface area contributed by atoms with E-state index in [1.54, 1.807) is 0 Å². The van der Waals surface area contributed by atoms with Gasteiger partial charge in [0.1, 0.15) is 0 Å². The minimum Gasteiger partial charge on any atom is -0.307 e. The molecule has 8 aromatic carbocycles. The minimum atomic E-state index is 0.633. The number of fused-ring (bicyclic) bond motifs is 13. The van der Waals surface area contributed by atoms with Crippen molar-refractivity contribution in [3.63, 3.8) is 0 Å². The van der Waals surface area contributed by atoms with Crippen LogP contribution < -0.4 is 0 Å². The standard InChI is InChI=1S/C49H29N5/c1-3-14-31(15-4-1)47-50-48(32-16-5-2-6-17-32)52-49(51-47)33-24-27-42-39(29-33)36-20-10-12-22-41(36)54-43-28-23-30-13-7-8-18-34(30)44(43)38-26-25-37-35-19-9-11-21-40(35)53(42)45(37)46(38)54/h1-29H. The van der Waals surface area contributed by atoms with Crippen LogP contribution in [0.25, 0.3) is 110 Å². The second-order valence-corrected chi connectivity index (χ2v) is 14.0. The van der Waals surface area contributed by atoms with E-state index < -0.39 is 0 Å². The molecule has 0 radical (unpaired) electrons. The number of aromatic nitrogens is 5. The number of nitrogens with zero attached hydrogens (tertiary/aromatic N) is 5. The van der Waals surface area contributed by atoms with Gasteiger partial charge in [0.05, 0.1) is 33.1 Å². The molecule has 5 nitrogen and oxygen atoms in total. The highest BCUT2D eigenvalue weighted by atomic mass is 15.0. The highest BCUT2D eigenvalue weighted by molar-refractivity contribution is 6.29. The van der Waals surface area contributed by atoms with Gasteiger partial charge in [-0.05, 0) is 47.2 Å². The highest BCUT2D eigenvalue weighted by Gasteiger charge is 2.22. The summed E-state index contributed by atoms with van der Waals surface area (Å²) in [4.78, 5) is 15.2. The van der Waals surface area contributed by atoms with E-state index in [9.17, 15) is 0 Å². The summed E-state index contributed by atoms with van der Waals surface area (Å²) >= 11 is 0. The lowest BCUT2D eigenvalue weighted by atomic mass is 10.0. The van der Waals surface area contributed by atoms with Crippen LogP contribution in [0.1, 0.15) is 0 Å². The van der Waals surface area contributed by atoms with Crippen molar-refractivity contribution in [1.82, 2.24) is 23.8 Å². The van der Waals surface area contributed by atoms with Crippen molar-refractivity contribution in [1.29, 1.82) is 0 Å². The molecule has 54 heavy (non-hydrogen) atoms. The molecule has 0 aliphatic heterocycles. The first-order valence-electron chi connectivity index (χ1n) is 18.3. The van der Waals surface area contributed by atoms with E-state index >= 15 is 0 Å². The third kappa shape index (κ3) is 4.06. The summed E-state index contributed by atoms with van der Waals surface area (Å²) in [5.41, 5.74) is 9.87. The van der Waals surface area contributed by atoms with Gasteiger partial charge in [-0.3, -0.25) is 0 Å². The Bertz CT molecular complexity index is 3430. The van der Waals surface area contributed by atoms with E-state index in [2.05, 4.69) is 148 Å². The third-order valence-electron chi connectivity index (χ3n) is 11.1. The van der Waals surface area contributed by atoms with Crippen molar-refractivity contribution in [3.05, 3.63) is 176 Å². The van der Waals surface area contributed by atoms with Gasteiger partial charge in [0.25, 0.3) is 0 Å². The van der Waals surface area contributed by atoms with Crippen LogP contribution in [0.3, 0.4) is 0 Å². The molecule has 0 fully saturated rings. The molecule has 0 saturated heterocycles. The van der Waals surface area contributed by atoms with E-state index in [1.807, 2.05) is 36.4 Å². The van der Waals surface area contributed by atoms with Gasteiger partial charge < -0.3 is 8.80 Å². The molecule has 0 spiro atoms. The van der Waals surface area contributed by atoms with Crippen molar-refractivity contribution >= 4 is 76.2 Å². The van der Waals surface area contributed by atoms with Crippen LogP contribution in [-0.4, -0.2) is 23.8 Å². The van der Waals surface area contributed by atoms with Crippen molar-refractivity contribution in [2.75, 3.05) is 0 Å². The van der Waals surface area contributed by atoms with Gasteiger partial charge in [-0.2, -0.15) is 0 Å². The van der Waals surface area contributed by atoms with Gasteiger partial charge in [-0.15, -0.1) is 0 Å². The molecule has 5 heteroatoms. The van der Waals surface area contributed by atoms with E-state index in [1.165, 1.54) is 54.4 Å². The summed E-state index contributed by atoms with van der Waals surface area (Å²) in [6.07, 6.45) is 0. The fourth-order valence-electron chi connectivity index (χ4n) is 8.74. The maximum Gasteiger partial charge on any atom is 0.164 e. The third-order valence-corrected chi connectivity index (χ3v) is 11.1. The number of hydrogen-bond acceptors (Lipinski definition) is 3. The monoisotopic (exact) mass is 687 g/mol. The number of hydrogen-bond donors (Lipinski definition) is 0. The molecule has 0 atom stereocenters. The van der Waals surface area contributed by atoms with Crippen LogP contribution in [-0.2, 0) is 0 Å². The lowest BCUT2D eigenvalue weighted by molar-refractivity contribution is 1.07. The van der Waals surface area contributed by atoms with Crippen LogP contribution in [0, 0.1) is 0 Å². The first-order valence-corrected chi connectivity index (χ1v) is 18.3. The van der Waals surface area contributed by atoms with Crippen molar-refractivity contribution in [2.24, 2.45) is 0 Å². The van der Waals surface area contributed by atoms with Crippen LogP contribution in [0.15, 0.2) is 176 Å². The molecule has 250 valence electrons. The first-order chi connectivity index (χ1) is 26.8. The van der Waals surface area contributed by atoms with Crippen LogP contribution in [0.4, 0.5) is 0 Å². The minimum absolute atomic E-state index is 0.633. The zero-order valence-corrected chi connectivity index (χ0v) is 29.0. The molecule has 4 heterocycles. The Hall–Kier alpha value is -7.37. The molecule has 0 amide bonds.